The first-order valence-electron chi connectivity index (χ1n) is 7.93. The van der Waals surface area contributed by atoms with Gasteiger partial charge in [-0.3, -0.25) is 9.78 Å². The summed E-state index contributed by atoms with van der Waals surface area (Å²) in [4.78, 5) is 27.9. The van der Waals surface area contributed by atoms with Crippen LogP contribution in [-0.4, -0.2) is 23.1 Å². The lowest BCUT2D eigenvalue weighted by Gasteiger charge is -2.05. The molecule has 7 heteroatoms. The molecule has 0 spiro atoms. The minimum Gasteiger partial charge on any atom is -0.423 e. The van der Waals surface area contributed by atoms with E-state index in [2.05, 4.69) is 15.5 Å². The average molecular weight is 380 g/mol. The molecule has 3 aromatic rings. The Hall–Kier alpha value is -3.51. The summed E-state index contributed by atoms with van der Waals surface area (Å²) < 4.78 is 5.34. The Morgan fingerprint density at radius 2 is 1.74 bits per heavy atom. The summed E-state index contributed by atoms with van der Waals surface area (Å²) in [6.45, 7) is 0. The third kappa shape index (κ3) is 5.23. The zero-order chi connectivity index (χ0) is 19.1. The number of carbonyl (C=O) groups excluding carboxylic acids is 2. The van der Waals surface area contributed by atoms with Crippen molar-refractivity contribution in [2.45, 2.75) is 0 Å². The fourth-order valence-corrected chi connectivity index (χ4v) is 2.27. The highest BCUT2D eigenvalue weighted by molar-refractivity contribution is 6.30. The van der Waals surface area contributed by atoms with E-state index in [0.717, 1.165) is 0 Å². The molecule has 0 radical (unpaired) electrons. The molecule has 0 fully saturated rings. The van der Waals surface area contributed by atoms with Crippen molar-refractivity contribution in [2.75, 3.05) is 0 Å². The Kier molecular flexibility index (Phi) is 5.91. The molecule has 0 aliphatic carbocycles. The van der Waals surface area contributed by atoms with Gasteiger partial charge < -0.3 is 4.74 Å². The van der Waals surface area contributed by atoms with Crippen LogP contribution in [0.25, 0.3) is 0 Å². The second kappa shape index (κ2) is 8.73. The van der Waals surface area contributed by atoms with Crippen LogP contribution in [0.3, 0.4) is 0 Å². The number of amides is 1. The molecule has 0 aliphatic rings. The van der Waals surface area contributed by atoms with Crippen LogP contribution in [0.15, 0.2) is 78.2 Å². The number of rotatable bonds is 5. The summed E-state index contributed by atoms with van der Waals surface area (Å²) in [6, 6.07) is 16.4. The van der Waals surface area contributed by atoms with Crippen molar-refractivity contribution in [3.8, 4) is 5.75 Å². The first-order valence-corrected chi connectivity index (χ1v) is 8.31. The van der Waals surface area contributed by atoms with Crippen LogP contribution in [0.5, 0.6) is 5.75 Å². The van der Waals surface area contributed by atoms with Crippen molar-refractivity contribution in [3.05, 3.63) is 94.8 Å². The number of aromatic nitrogens is 1. The Bertz CT molecular complexity index is 973. The second-order valence-corrected chi connectivity index (χ2v) is 5.84. The molecule has 0 aliphatic heterocycles. The van der Waals surface area contributed by atoms with Gasteiger partial charge in [0.15, 0.2) is 0 Å². The van der Waals surface area contributed by atoms with E-state index in [1.807, 2.05) is 0 Å². The molecule has 0 atom stereocenters. The summed E-state index contributed by atoms with van der Waals surface area (Å²) in [7, 11) is 0. The lowest BCUT2D eigenvalue weighted by Crippen LogP contribution is -2.17. The maximum absolute atomic E-state index is 12.1. The maximum Gasteiger partial charge on any atom is 0.343 e. The van der Waals surface area contributed by atoms with Gasteiger partial charge in [-0.2, -0.15) is 5.10 Å². The van der Waals surface area contributed by atoms with E-state index in [9.17, 15) is 9.59 Å². The van der Waals surface area contributed by atoms with Gasteiger partial charge in [-0.25, -0.2) is 10.2 Å². The third-order valence-corrected chi connectivity index (χ3v) is 3.72. The van der Waals surface area contributed by atoms with Gasteiger partial charge in [-0.05, 0) is 54.1 Å². The number of pyridine rings is 1. The van der Waals surface area contributed by atoms with Crippen molar-refractivity contribution in [3.63, 3.8) is 0 Å². The molecule has 1 N–H and O–H groups in total. The number of nitrogens with zero attached hydrogens (tertiary/aromatic N) is 2. The van der Waals surface area contributed by atoms with Crippen LogP contribution in [0.4, 0.5) is 0 Å². The van der Waals surface area contributed by atoms with Crippen molar-refractivity contribution in [1.82, 2.24) is 10.4 Å². The highest BCUT2D eigenvalue weighted by Crippen LogP contribution is 2.16. The Labute approximate surface area is 160 Å². The van der Waals surface area contributed by atoms with E-state index < -0.39 is 5.97 Å². The Morgan fingerprint density at radius 3 is 2.48 bits per heavy atom. The molecule has 1 aromatic heterocycles. The van der Waals surface area contributed by atoms with Crippen LogP contribution in [0.2, 0.25) is 5.02 Å². The van der Waals surface area contributed by atoms with Gasteiger partial charge in [-0.15, -0.1) is 0 Å². The van der Waals surface area contributed by atoms with Crippen LogP contribution < -0.4 is 10.2 Å². The Balaban J connectivity index is 1.62. The molecule has 27 heavy (non-hydrogen) atoms. The molecule has 0 bridgehead atoms. The van der Waals surface area contributed by atoms with Crippen molar-refractivity contribution in [2.24, 2.45) is 5.10 Å². The van der Waals surface area contributed by atoms with E-state index in [1.165, 1.54) is 18.6 Å². The van der Waals surface area contributed by atoms with Crippen LogP contribution >= 0.6 is 11.6 Å². The highest BCUT2D eigenvalue weighted by atomic mass is 35.5. The van der Waals surface area contributed by atoms with Crippen LogP contribution in [0, 0.1) is 0 Å². The smallest absolute Gasteiger partial charge is 0.343 e. The first-order chi connectivity index (χ1) is 13.1. The summed E-state index contributed by atoms with van der Waals surface area (Å²) in [5, 5.41) is 4.45. The number of nitrogens with one attached hydrogen (secondary N) is 1. The summed E-state index contributed by atoms with van der Waals surface area (Å²) >= 11 is 5.81. The fourth-order valence-electron chi connectivity index (χ4n) is 2.14. The lowest BCUT2D eigenvalue weighted by atomic mass is 10.2. The van der Waals surface area contributed by atoms with Crippen molar-refractivity contribution in [1.29, 1.82) is 0 Å². The first kappa shape index (κ1) is 18.3. The predicted octanol–water partition coefficient (Wildman–Crippen LogP) is 3.72. The topological polar surface area (TPSA) is 80.6 Å². The molecular weight excluding hydrogens is 366 g/mol. The average Bonchev–Trinajstić information content (AvgIpc) is 2.69. The fraction of sp³-hybridized carbons (Fsp3) is 0. The number of halogens is 1. The van der Waals surface area contributed by atoms with Gasteiger partial charge >= 0.3 is 5.97 Å². The van der Waals surface area contributed by atoms with Crippen LogP contribution in [-0.2, 0) is 0 Å². The van der Waals surface area contributed by atoms with E-state index in [-0.39, 0.29) is 5.91 Å². The zero-order valence-corrected chi connectivity index (χ0v) is 14.8. The lowest BCUT2D eigenvalue weighted by molar-refractivity contribution is 0.0734. The summed E-state index contributed by atoms with van der Waals surface area (Å²) in [5.41, 5.74) is 3.92. The van der Waals surface area contributed by atoms with Gasteiger partial charge in [0.1, 0.15) is 5.75 Å². The highest BCUT2D eigenvalue weighted by Gasteiger charge is 2.08. The number of hydrogen-bond donors (Lipinski definition) is 1. The van der Waals surface area contributed by atoms with Crippen molar-refractivity contribution < 1.29 is 14.3 Å². The molecule has 3 rings (SSSR count). The third-order valence-electron chi connectivity index (χ3n) is 3.47. The SMILES string of the molecule is O=C(NN=Cc1cccc(OC(=O)c2ccc(Cl)cc2)c1)c1ccncc1. The van der Waals surface area contributed by atoms with E-state index in [1.54, 1.807) is 60.7 Å². The molecule has 134 valence electrons. The number of esters is 1. The van der Waals surface area contributed by atoms with Gasteiger partial charge in [0.05, 0.1) is 11.8 Å². The van der Waals surface area contributed by atoms with Gasteiger partial charge in [-0.1, -0.05) is 23.7 Å². The predicted molar refractivity (Wildman–Crippen MR) is 102 cm³/mol. The van der Waals surface area contributed by atoms with Gasteiger partial charge in [0, 0.05) is 23.0 Å². The normalized spacial score (nSPS) is 10.6. The second-order valence-electron chi connectivity index (χ2n) is 5.40. The number of hydrazone groups is 1. The Morgan fingerprint density at radius 1 is 1.00 bits per heavy atom. The standard InChI is InChI=1S/C20H14ClN3O3/c21-17-6-4-16(5-7-17)20(26)27-18-3-1-2-14(12-18)13-23-24-19(25)15-8-10-22-11-9-15/h1-13H,(H,24,25). The molecule has 0 unspecified atom stereocenters. The number of hydrogen-bond acceptors (Lipinski definition) is 5. The minimum atomic E-state index is -0.494. The largest absolute Gasteiger partial charge is 0.423 e. The van der Waals surface area contributed by atoms with E-state index >= 15 is 0 Å². The minimum absolute atomic E-state index is 0.348. The molecule has 1 heterocycles. The van der Waals surface area contributed by atoms with E-state index in [0.29, 0.717) is 27.5 Å². The number of ether oxygens (including phenoxy) is 1. The molecule has 6 nitrogen and oxygen atoms in total. The van der Waals surface area contributed by atoms with Crippen LogP contribution in [0.1, 0.15) is 26.3 Å². The molecule has 0 saturated carbocycles. The van der Waals surface area contributed by atoms with Gasteiger partial charge in [0.25, 0.3) is 5.91 Å². The number of carbonyl (C=O) groups is 2. The van der Waals surface area contributed by atoms with Crippen molar-refractivity contribution >= 4 is 29.7 Å². The quantitative estimate of drug-likeness (QED) is 0.317. The molecule has 0 saturated heterocycles. The molecule has 2 aromatic carbocycles. The van der Waals surface area contributed by atoms with Gasteiger partial charge in [0.2, 0.25) is 0 Å². The monoisotopic (exact) mass is 379 g/mol. The summed E-state index contributed by atoms with van der Waals surface area (Å²) in [5.74, 6) is -0.481. The van der Waals surface area contributed by atoms with E-state index in [4.69, 9.17) is 16.3 Å². The molecule has 1 amide bonds. The number of benzene rings is 2. The molecular formula is C20H14ClN3O3. The zero-order valence-electron chi connectivity index (χ0n) is 14.0. The summed E-state index contributed by atoms with van der Waals surface area (Å²) in [6.07, 6.45) is 4.51. The maximum atomic E-state index is 12.1.